The molecule has 0 radical (unpaired) electrons. The Morgan fingerprint density at radius 3 is 2.42 bits per heavy atom. The summed E-state index contributed by atoms with van der Waals surface area (Å²) < 4.78 is 84.6. The zero-order valence-corrected chi connectivity index (χ0v) is 28.3. The number of nitrogens with zero attached hydrogens (tertiary/aromatic N) is 4. The number of fused-ring (bicyclic) bond motifs is 2. The maximum atomic E-state index is 14.4. The summed E-state index contributed by atoms with van der Waals surface area (Å²) in [7, 11) is 0.752. The first-order chi connectivity index (χ1) is 24.0. The largest absolute Gasteiger partial charge is 0.497 e. The van der Waals surface area contributed by atoms with E-state index in [0.29, 0.717) is 41.0 Å². The van der Waals surface area contributed by atoms with Crippen molar-refractivity contribution in [1.82, 2.24) is 14.5 Å². The van der Waals surface area contributed by atoms with Crippen LogP contribution < -0.4 is 13.8 Å². The van der Waals surface area contributed by atoms with Crippen molar-refractivity contribution in [2.45, 2.75) is 36.4 Å². The Balaban J connectivity index is 1.28. The van der Waals surface area contributed by atoms with E-state index in [1.54, 1.807) is 48.5 Å². The highest BCUT2D eigenvalue weighted by Crippen LogP contribution is 2.45. The highest BCUT2D eigenvalue weighted by molar-refractivity contribution is 7.92. The van der Waals surface area contributed by atoms with Gasteiger partial charge in [0.25, 0.3) is 10.0 Å². The lowest BCUT2D eigenvalue weighted by Gasteiger charge is -2.24. The van der Waals surface area contributed by atoms with E-state index in [-0.39, 0.29) is 23.3 Å². The van der Waals surface area contributed by atoms with Gasteiger partial charge in [0.05, 0.1) is 31.2 Å². The monoisotopic (exact) mass is 698 g/mol. The van der Waals surface area contributed by atoms with Gasteiger partial charge in [0.2, 0.25) is 5.95 Å². The second-order valence-corrected chi connectivity index (χ2v) is 14.1. The molecule has 7 rings (SSSR count). The van der Waals surface area contributed by atoms with E-state index in [4.69, 9.17) is 9.47 Å². The molecular weight excluding hydrogens is 666 g/mol. The molecule has 1 aliphatic carbocycles. The van der Waals surface area contributed by atoms with E-state index < -0.39 is 21.8 Å². The van der Waals surface area contributed by atoms with Gasteiger partial charge in [-0.05, 0) is 101 Å². The zero-order valence-electron chi connectivity index (χ0n) is 27.5. The molecule has 0 amide bonds. The number of anilines is 1. The van der Waals surface area contributed by atoms with Crippen molar-refractivity contribution in [3.63, 3.8) is 0 Å². The van der Waals surface area contributed by atoms with Crippen molar-refractivity contribution < 1.29 is 31.1 Å². The fraction of sp³-hybridized carbons (Fsp3) is 0.211. The van der Waals surface area contributed by atoms with Crippen LogP contribution in [0.1, 0.15) is 40.2 Å². The van der Waals surface area contributed by atoms with Crippen molar-refractivity contribution in [2.24, 2.45) is 7.05 Å². The first-order valence-corrected chi connectivity index (χ1v) is 17.3. The Bertz CT molecular complexity index is 2330. The Morgan fingerprint density at radius 2 is 1.68 bits per heavy atom. The third-order valence-electron chi connectivity index (χ3n) is 9.32. The maximum absolute atomic E-state index is 14.4. The molecule has 0 saturated carbocycles. The summed E-state index contributed by atoms with van der Waals surface area (Å²) in [5.41, 5.74) is 4.47. The SMILES string of the molecule is COc1ccc(CN(c2ncccn2)S(=O)(=O)c2ccc3c(c2)CC[C@@H]3c2ccc(C(F)(F)F)cc2-c2ccc3c(ccn3C)c2)c(OC)c1. The molecule has 2 heterocycles. The second-order valence-electron chi connectivity index (χ2n) is 12.2. The molecule has 50 heavy (non-hydrogen) atoms. The van der Waals surface area contributed by atoms with Crippen molar-refractivity contribution >= 4 is 26.9 Å². The van der Waals surface area contributed by atoms with Crippen LogP contribution in [0.5, 0.6) is 11.5 Å². The molecule has 0 N–H and O–H groups in total. The van der Waals surface area contributed by atoms with E-state index in [2.05, 4.69) is 9.97 Å². The minimum absolute atomic E-state index is 0.00599. The summed E-state index contributed by atoms with van der Waals surface area (Å²) in [5.74, 6) is 0.758. The number of aromatic nitrogens is 3. The third-order valence-corrected chi connectivity index (χ3v) is 11.0. The van der Waals surface area contributed by atoms with E-state index >= 15 is 0 Å². The van der Waals surface area contributed by atoms with Crippen LogP contribution in [-0.4, -0.2) is 37.2 Å². The first kappa shape index (κ1) is 33.2. The van der Waals surface area contributed by atoms with E-state index in [1.807, 2.05) is 42.1 Å². The highest BCUT2D eigenvalue weighted by atomic mass is 32.2. The predicted octanol–water partition coefficient (Wildman–Crippen LogP) is 8.14. The molecule has 256 valence electrons. The molecule has 1 aliphatic rings. The minimum atomic E-state index is -4.51. The fourth-order valence-corrected chi connectivity index (χ4v) is 8.16. The van der Waals surface area contributed by atoms with Crippen LogP contribution in [-0.2, 0) is 36.2 Å². The summed E-state index contributed by atoms with van der Waals surface area (Å²) in [6, 6.07) is 23.2. The number of ether oxygens (including phenoxy) is 2. The Kier molecular flexibility index (Phi) is 8.51. The third kappa shape index (κ3) is 6.04. The molecule has 0 spiro atoms. The number of aryl methyl sites for hydroxylation is 2. The van der Waals surface area contributed by atoms with Crippen LogP contribution in [0.4, 0.5) is 19.1 Å². The van der Waals surface area contributed by atoms with Gasteiger partial charge in [-0.15, -0.1) is 0 Å². The summed E-state index contributed by atoms with van der Waals surface area (Å²) in [5, 5.41) is 0.925. The quantitative estimate of drug-likeness (QED) is 0.152. The number of methoxy groups -OCH3 is 2. The van der Waals surface area contributed by atoms with Crippen LogP contribution in [0.2, 0.25) is 0 Å². The number of halogens is 3. The predicted molar refractivity (Wildman–Crippen MR) is 185 cm³/mol. The van der Waals surface area contributed by atoms with Crippen molar-refractivity contribution in [3.05, 3.63) is 131 Å². The lowest BCUT2D eigenvalue weighted by molar-refractivity contribution is -0.137. The first-order valence-electron chi connectivity index (χ1n) is 15.9. The fourth-order valence-electron chi connectivity index (χ4n) is 6.76. The zero-order chi connectivity index (χ0) is 35.2. The number of sulfonamides is 1. The van der Waals surface area contributed by atoms with Crippen molar-refractivity contribution in [2.75, 3.05) is 18.5 Å². The molecule has 2 aromatic heterocycles. The average molecular weight is 699 g/mol. The van der Waals surface area contributed by atoms with Crippen LogP contribution in [0.3, 0.4) is 0 Å². The van der Waals surface area contributed by atoms with Crippen LogP contribution >= 0.6 is 0 Å². The molecule has 0 unspecified atom stereocenters. The average Bonchev–Trinajstić information content (AvgIpc) is 3.72. The van der Waals surface area contributed by atoms with E-state index in [0.717, 1.165) is 38.0 Å². The molecule has 0 aliphatic heterocycles. The number of benzene rings is 4. The molecular formula is C38H33F3N4O4S. The summed E-state index contributed by atoms with van der Waals surface area (Å²) in [6.45, 7) is -0.111. The number of hydrogen-bond donors (Lipinski definition) is 0. The van der Waals surface area contributed by atoms with Gasteiger partial charge in [0.15, 0.2) is 0 Å². The van der Waals surface area contributed by atoms with E-state index in [1.165, 1.54) is 32.7 Å². The summed E-state index contributed by atoms with van der Waals surface area (Å²) in [6.07, 6.45) is 1.51. The molecule has 0 fully saturated rings. The lowest BCUT2D eigenvalue weighted by Crippen LogP contribution is -2.32. The van der Waals surface area contributed by atoms with Gasteiger partial charge in [-0.3, -0.25) is 0 Å². The van der Waals surface area contributed by atoms with Crippen molar-refractivity contribution in [3.8, 4) is 22.6 Å². The van der Waals surface area contributed by atoms with Gasteiger partial charge >= 0.3 is 6.18 Å². The second kappa shape index (κ2) is 12.8. The topological polar surface area (TPSA) is 86.5 Å². The van der Waals surface area contributed by atoms with Crippen LogP contribution in [0.15, 0.2) is 108 Å². The molecule has 1 atom stereocenters. The molecule has 6 aromatic rings. The Hall–Kier alpha value is -5.36. The number of hydrogen-bond acceptors (Lipinski definition) is 6. The summed E-state index contributed by atoms with van der Waals surface area (Å²) >= 11 is 0. The van der Waals surface area contributed by atoms with Gasteiger partial charge in [0.1, 0.15) is 11.5 Å². The van der Waals surface area contributed by atoms with Crippen LogP contribution in [0.25, 0.3) is 22.0 Å². The van der Waals surface area contributed by atoms with Gasteiger partial charge < -0.3 is 14.0 Å². The number of rotatable bonds is 9. The lowest BCUT2D eigenvalue weighted by atomic mass is 9.85. The van der Waals surface area contributed by atoms with Crippen molar-refractivity contribution in [1.29, 1.82) is 0 Å². The Morgan fingerprint density at radius 1 is 0.900 bits per heavy atom. The molecule has 0 saturated heterocycles. The van der Waals surface area contributed by atoms with Gasteiger partial charge in [-0.1, -0.05) is 18.2 Å². The smallest absolute Gasteiger partial charge is 0.416 e. The maximum Gasteiger partial charge on any atom is 0.416 e. The van der Waals surface area contributed by atoms with E-state index in [9.17, 15) is 21.6 Å². The normalized spacial score (nSPS) is 14.5. The number of alkyl halides is 3. The molecule has 12 heteroatoms. The highest BCUT2D eigenvalue weighted by Gasteiger charge is 2.35. The van der Waals surface area contributed by atoms with Gasteiger partial charge in [-0.25, -0.2) is 22.7 Å². The standard InChI is InChI=1S/C38H33F3N4O4S/c1-44-18-15-26-19-24(7-14-35(26)44)34-21-28(38(39,40)41)8-12-33(34)32-11-6-25-20-30(10-13-31(25)32)50(46,47)45(37-42-16-4-17-43-37)23-27-5-9-29(48-2)22-36(27)49-3/h4-5,7-10,12-22,32H,6,11,23H2,1-3H3/t32-/m0/s1. The summed E-state index contributed by atoms with van der Waals surface area (Å²) in [4.78, 5) is 8.56. The van der Waals surface area contributed by atoms with Crippen LogP contribution in [0, 0.1) is 0 Å². The molecule has 4 aromatic carbocycles. The molecule has 0 bridgehead atoms. The minimum Gasteiger partial charge on any atom is -0.497 e. The Labute approximate surface area is 287 Å². The van der Waals surface area contributed by atoms with Gasteiger partial charge in [0, 0.05) is 54.1 Å². The molecule has 8 nitrogen and oxygen atoms in total. The van der Waals surface area contributed by atoms with Gasteiger partial charge in [-0.2, -0.15) is 13.2 Å².